The van der Waals surface area contributed by atoms with E-state index in [1.54, 1.807) is 12.1 Å². The molecular weight excluding hydrogens is 310 g/mol. The summed E-state index contributed by atoms with van der Waals surface area (Å²) in [4.78, 5) is 22.0. The highest BCUT2D eigenvalue weighted by Crippen LogP contribution is 2.13. The number of ether oxygens (including phenoxy) is 1. The summed E-state index contributed by atoms with van der Waals surface area (Å²) in [5.74, 6) is 0. The van der Waals surface area contributed by atoms with Gasteiger partial charge in [0.1, 0.15) is 5.60 Å². The van der Waals surface area contributed by atoms with E-state index in [0.29, 0.717) is 13.1 Å². The smallest absolute Gasteiger partial charge is 0.408 e. The van der Waals surface area contributed by atoms with Crippen molar-refractivity contribution in [1.29, 1.82) is 0 Å². The van der Waals surface area contributed by atoms with Gasteiger partial charge in [-0.2, -0.15) is 0 Å². The maximum absolute atomic E-state index is 11.8. The van der Waals surface area contributed by atoms with E-state index < -0.39 is 22.2 Å². The average Bonchev–Trinajstić information content (AvgIpc) is 2.41. The number of nitro groups is 1. The van der Waals surface area contributed by atoms with Gasteiger partial charge >= 0.3 is 6.09 Å². The zero-order valence-corrected chi connectivity index (χ0v) is 15.0. The van der Waals surface area contributed by atoms with Crippen molar-refractivity contribution in [2.24, 2.45) is 0 Å². The van der Waals surface area contributed by atoms with Crippen molar-refractivity contribution in [3.63, 3.8) is 0 Å². The first kappa shape index (κ1) is 19.9. The molecule has 2 N–H and O–H groups in total. The first-order valence-electron chi connectivity index (χ1n) is 7.94. The standard InChI is InChI=1S/C17H27N3O4/c1-16(2,3)24-15(21)19-17(4,5)10-11-18-12-13-6-8-14(9-7-13)20(22)23/h6-9,18H,10-12H2,1-5H3,(H,19,21). The molecule has 0 aliphatic carbocycles. The van der Waals surface area contributed by atoms with Crippen LogP contribution in [0.15, 0.2) is 24.3 Å². The van der Waals surface area contributed by atoms with Crippen molar-refractivity contribution in [2.45, 2.75) is 58.7 Å². The molecule has 0 aromatic heterocycles. The molecule has 7 heteroatoms. The highest BCUT2D eigenvalue weighted by Gasteiger charge is 2.24. The van der Waals surface area contributed by atoms with Crippen LogP contribution in [0, 0.1) is 10.1 Å². The van der Waals surface area contributed by atoms with Crippen LogP contribution < -0.4 is 10.6 Å². The van der Waals surface area contributed by atoms with Crippen LogP contribution in [0.4, 0.5) is 10.5 Å². The Kier molecular flexibility index (Phi) is 6.71. The lowest BCUT2D eigenvalue weighted by molar-refractivity contribution is -0.384. The lowest BCUT2D eigenvalue weighted by Gasteiger charge is -2.28. The number of hydrogen-bond donors (Lipinski definition) is 2. The van der Waals surface area contributed by atoms with Gasteiger partial charge in [0.2, 0.25) is 0 Å². The van der Waals surface area contributed by atoms with E-state index in [9.17, 15) is 14.9 Å². The van der Waals surface area contributed by atoms with E-state index in [4.69, 9.17) is 4.74 Å². The molecule has 0 bridgehead atoms. The molecule has 1 aromatic rings. The van der Waals surface area contributed by atoms with Gasteiger partial charge in [0.25, 0.3) is 5.69 Å². The van der Waals surface area contributed by atoms with Gasteiger partial charge in [-0.05, 0) is 53.1 Å². The van der Waals surface area contributed by atoms with Crippen LogP contribution in [-0.2, 0) is 11.3 Å². The number of rotatable bonds is 7. The Labute approximate surface area is 142 Å². The summed E-state index contributed by atoms with van der Waals surface area (Å²) in [5.41, 5.74) is 0.138. The average molecular weight is 337 g/mol. The van der Waals surface area contributed by atoms with Crippen molar-refractivity contribution >= 4 is 11.8 Å². The summed E-state index contributed by atoms with van der Waals surface area (Å²) in [6, 6.07) is 6.44. The van der Waals surface area contributed by atoms with Gasteiger partial charge in [-0.15, -0.1) is 0 Å². The molecule has 0 spiro atoms. The number of nitrogens with zero attached hydrogens (tertiary/aromatic N) is 1. The zero-order valence-electron chi connectivity index (χ0n) is 15.0. The minimum Gasteiger partial charge on any atom is -0.444 e. The van der Waals surface area contributed by atoms with E-state index in [1.807, 2.05) is 34.6 Å². The van der Waals surface area contributed by atoms with Crippen LogP contribution in [-0.4, -0.2) is 28.7 Å². The molecule has 1 rings (SSSR count). The van der Waals surface area contributed by atoms with Crippen LogP contribution in [0.25, 0.3) is 0 Å². The van der Waals surface area contributed by atoms with Crippen molar-refractivity contribution in [3.8, 4) is 0 Å². The molecule has 0 saturated heterocycles. The van der Waals surface area contributed by atoms with E-state index >= 15 is 0 Å². The van der Waals surface area contributed by atoms with Gasteiger partial charge in [0, 0.05) is 24.2 Å². The Morgan fingerprint density at radius 1 is 1.17 bits per heavy atom. The van der Waals surface area contributed by atoms with Gasteiger partial charge in [-0.3, -0.25) is 10.1 Å². The topological polar surface area (TPSA) is 93.5 Å². The lowest BCUT2D eigenvalue weighted by atomic mass is 10.0. The minimum atomic E-state index is -0.520. The molecule has 1 aromatic carbocycles. The monoisotopic (exact) mass is 337 g/mol. The molecule has 0 unspecified atom stereocenters. The summed E-state index contributed by atoms with van der Waals surface area (Å²) in [6.45, 7) is 10.7. The Morgan fingerprint density at radius 3 is 2.25 bits per heavy atom. The highest BCUT2D eigenvalue weighted by atomic mass is 16.6. The molecular formula is C17H27N3O4. The molecule has 1 amide bonds. The Hall–Kier alpha value is -2.15. The van der Waals surface area contributed by atoms with Crippen LogP contribution in [0.3, 0.4) is 0 Å². The first-order valence-corrected chi connectivity index (χ1v) is 7.94. The third kappa shape index (κ3) is 7.92. The van der Waals surface area contributed by atoms with Gasteiger partial charge in [-0.25, -0.2) is 4.79 Å². The maximum atomic E-state index is 11.8. The van der Waals surface area contributed by atoms with Crippen molar-refractivity contribution in [3.05, 3.63) is 39.9 Å². The predicted octanol–water partition coefficient (Wildman–Crippen LogP) is 3.38. The van der Waals surface area contributed by atoms with Crippen molar-refractivity contribution in [2.75, 3.05) is 6.54 Å². The number of nitro benzene ring substituents is 1. The Bertz CT molecular complexity index is 562. The summed E-state index contributed by atoms with van der Waals surface area (Å²) in [7, 11) is 0. The van der Waals surface area contributed by atoms with E-state index in [1.165, 1.54) is 12.1 Å². The predicted molar refractivity (Wildman–Crippen MR) is 92.9 cm³/mol. The third-order valence-electron chi connectivity index (χ3n) is 3.24. The number of nitrogens with one attached hydrogen (secondary N) is 2. The maximum Gasteiger partial charge on any atom is 0.408 e. The lowest BCUT2D eigenvalue weighted by Crippen LogP contribution is -2.47. The minimum absolute atomic E-state index is 0.0847. The molecule has 134 valence electrons. The second-order valence-electron chi connectivity index (χ2n) is 7.36. The van der Waals surface area contributed by atoms with Gasteiger partial charge in [-0.1, -0.05) is 12.1 Å². The number of amides is 1. The fraction of sp³-hybridized carbons (Fsp3) is 0.588. The second kappa shape index (κ2) is 8.10. The van der Waals surface area contributed by atoms with Crippen LogP contribution in [0.1, 0.15) is 46.6 Å². The molecule has 0 fully saturated rings. The highest BCUT2D eigenvalue weighted by molar-refractivity contribution is 5.68. The SMILES string of the molecule is CC(C)(CCNCc1ccc([N+](=O)[O-])cc1)NC(=O)OC(C)(C)C. The molecule has 24 heavy (non-hydrogen) atoms. The van der Waals surface area contributed by atoms with Crippen LogP contribution in [0.5, 0.6) is 0 Å². The zero-order chi connectivity index (χ0) is 18.4. The van der Waals surface area contributed by atoms with Crippen LogP contribution in [0.2, 0.25) is 0 Å². The summed E-state index contributed by atoms with van der Waals surface area (Å²) in [5, 5.41) is 16.7. The van der Waals surface area contributed by atoms with Gasteiger partial charge in [0.05, 0.1) is 4.92 Å². The number of hydrogen-bond acceptors (Lipinski definition) is 5. The quantitative estimate of drug-likeness (QED) is 0.452. The van der Waals surface area contributed by atoms with E-state index in [2.05, 4.69) is 10.6 Å². The number of non-ortho nitro benzene ring substituents is 1. The summed E-state index contributed by atoms with van der Waals surface area (Å²) < 4.78 is 5.25. The van der Waals surface area contributed by atoms with E-state index in [0.717, 1.165) is 12.0 Å². The molecule has 0 aliphatic rings. The summed E-state index contributed by atoms with van der Waals surface area (Å²) >= 11 is 0. The summed E-state index contributed by atoms with van der Waals surface area (Å²) in [6.07, 6.45) is 0.294. The van der Waals surface area contributed by atoms with Crippen LogP contribution >= 0.6 is 0 Å². The first-order chi connectivity index (χ1) is 11.0. The third-order valence-corrected chi connectivity index (χ3v) is 3.24. The second-order valence-corrected chi connectivity index (χ2v) is 7.36. The van der Waals surface area contributed by atoms with Crippen molar-refractivity contribution in [1.82, 2.24) is 10.6 Å². The fourth-order valence-electron chi connectivity index (χ4n) is 2.01. The molecule has 0 atom stereocenters. The number of carbonyl (C=O) groups is 1. The fourth-order valence-corrected chi connectivity index (χ4v) is 2.01. The molecule has 0 radical (unpaired) electrons. The molecule has 0 heterocycles. The number of carbonyl (C=O) groups excluding carboxylic acids is 1. The van der Waals surface area contributed by atoms with E-state index in [-0.39, 0.29) is 5.69 Å². The number of benzene rings is 1. The Balaban J connectivity index is 2.35. The largest absolute Gasteiger partial charge is 0.444 e. The number of alkyl carbamates (subject to hydrolysis) is 1. The van der Waals surface area contributed by atoms with Crippen molar-refractivity contribution < 1.29 is 14.5 Å². The van der Waals surface area contributed by atoms with Gasteiger partial charge in [0.15, 0.2) is 0 Å². The molecule has 0 aliphatic heterocycles. The molecule has 0 saturated carbocycles. The molecule has 7 nitrogen and oxygen atoms in total. The van der Waals surface area contributed by atoms with Gasteiger partial charge < -0.3 is 15.4 Å². The Morgan fingerprint density at radius 2 is 1.75 bits per heavy atom. The normalized spacial score (nSPS) is 11.9.